The predicted octanol–water partition coefficient (Wildman–Crippen LogP) is 3.13. The first-order valence-corrected chi connectivity index (χ1v) is 9.29. The molecule has 1 unspecified atom stereocenters. The average Bonchev–Trinajstić information content (AvgIpc) is 3.43. The van der Waals surface area contributed by atoms with E-state index in [0.29, 0.717) is 17.5 Å². The smallest absolute Gasteiger partial charge is 0.271 e. The van der Waals surface area contributed by atoms with Crippen LogP contribution in [0.15, 0.2) is 59.6 Å². The number of aromatic nitrogens is 5. The molecule has 0 aliphatic carbocycles. The van der Waals surface area contributed by atoms with Crippen LogP contribution in [-0.2, 0) is 0 Å². The average molecular weight is 404 g/mol. The predicted molar refractivity (Wildman–Crippen MR) is 108 cm³/mol. The molecule has 9 heteroatoms. The fourth-order valence-electron chi connectivity index (χ4n) is 2.92. The number of aryl methyl sites for hydroxylation is 1. The Hall–Kier alpha value is -4.01. The van der Waals surface area contributed by atoms with Crippen LogP contribution in [-0.4, -0.2) is 37.7 Å². The summed E-state index contributed by atoms with van der Waals surface area (Å²) in [6.45, 7) is 3.66. The molecular formula is C21H20N6O3. The number of nitrogens with one attached hydrogen (secondary N) is 1. The van der Waals surface area contributed by atoms with Crippen molar-refractivity contribution in [2.45, 2.75) is 19.9 Å². The van der Waals surface area contributed by atoms with Gasteiger partial charge in [-0.2, -0.15) is 4.98 Å². The summed E-state index contributed by atoms with van der Waals surface area (Å²) in [5.41, 5.74) is 1.98. The molecule has 0 aliphatic heterocycles. The number of hydrogen-bond donors (Lipinski definition) is 1. The third-order valence-electron chi connectivity index (χ3n) is 4.56. The Labute approximate surface area is 172 Å². The molecule has 9 nitrogen and oxygen atoms in total. The van der Waals surface area contributed by atoms with Crippen LogP contribution in [0.25, 0.3) is 17.3 Å². The molecule has 0 bridgehead atoms. The van der Waals surface area contributed by atoms with Crippen LogP contribution in [0.2, 0.25) is 0 Å². The van der Waals surface area contributed by atoms with Gasteiger partial charge in [0.15, 0.2) is 5.82 Å². The summed E-state index contributed by atoms with van der Waals surface area (Å²) in [7, 11) is 1.62. The number of imidazole rings is 1. The molecule has 1 aromatic carbocycles. The van der Waals surface area contributed by atoms with Gasteiger partial charge in [-0.1, -0.05) is 17.3 Å². The number of nitrogens with zero attached hydrogens (tertiary/aromatic N) is 5. The number of methoxy groups -OCH3 is 1. The van der Waals surface area contributed by atoms with Crippen molar-refractivity contribution in [3.63, 3.8) is 0 Å². The molecule has 1 N–H and O–H groups in total. The van der Waals surface area contributed by atoms with Crippen molar-refractivity contribution in [3.8, 4) is 23.0 Å². The second kappa shape index (κ2) is 8.16. The summed E-state index contributed by atoms with van der Waals surface area (Å²) in [4.78, 5) is 25.4. The fourth-order valence-corrected chi connectivity index (χ4v) is 2.92. The van der Waals surface area contributed by atoms with E-state index in [1.165, 1.54) is 6.33 Å². The number of benzene rings is 1. The van der Waals surface area contributed by atoms with Gasteiger partial charge in [0, 0.05) is 18.0 Å². The number of pyridine rings is 1. The van der Waals surface area contributed by atoms with Crippen molar-refractivity contribution < 1.29 is 14.1 Å². The zero-order valence-electron chi connectivity index (χ0n) is 16.7. The van der Waals surface area contributed by atoms with Crippen LogP contribution in [0.3, 0.4) is 0 Å². The Balaban J connectivity index is 1.49. The van der Waals surface area contributed by atoms with Crippen molar-refractivity contribution in [2.24, 2.45) is 0 Å². The van der Waals surface area contributed by atoms with Crippen LogP contribution >= 0.6 is 0 Å². The van der Waals surface area contributed by atoms with E-state index in [9.17, 15) is 4.79 Å². The normalized spacial score (nSPS) is 11.8. The zero-order chi connectivity index (χ0) is 21.1. The van der Waals surface area contributed by atoms with Crippen molar-refractivity contribution >= 4 is 5.91 Å². The number of rotatable bonds is 6. The second-order valence-corrected chi connectivity index (χ2v) is 6.68. The highest BCUT2D eigenvalue weighted by Gasteiger charge is 2.15. The van der Waals surface area contributed by atoms with Gasteiger partial charge in [0.2, 0.25) is 0 Å². The van der Waals surface area contributed by atoms with E-state index in [-0.39, 0.29) is 17.6 Å². The van der Waals surface area contributed by atoms with Crippen molar-refractivity contribution in [1.29, 1.82) is 0 Å². The molecule has 1 atom stereocenters. The number of carbonyl (C=O) groups is 1. The Morgan fingerprint density at radius 2 is 2.00 bits per heavy atom. The van der Waals surface area contributed by atoms with Crippen LogP contribution in [0, 0.1) is 6.92 Å². The lowest BCUT2D eigenvalue weighted by atomic mass is 10.1. The largest absolute Gasteiger partial charge is 0.497 e. The third kappa shape index (κ3) is 4.04. The van der Waals surface area contributed by atoms with Gasteiger partial charge in [0.05, 0.1) is 13.2 Å². The summed E-state index contributed by atoms with van der Waals surface area (Å²) in [6.07, 6.45) is 4.80. The molecular weight excluding hydrogens is 384 g/mol. The van der Waals surface area contributed by atoms with Crippen molar-refractivity contribution in [3.05, 3.63) is 72.2 Å². The summed E-state index contributed by atoms with van der Waals surface area (Å²) < 4.78 is 12.0. The summed E-state index contributed by atoms with van der Waals surface area (Å²) >= 11 is 0. The fraction of sp³-hybridized carbons (Fsp3) is 0.190. The zero-order valence-corrected chi connectivity index (χ0v) is 16.7. The topological polar surface area (TPSA) is 108 Å². The molecule has 0 saturated heterocycles. The maximum atomic E-state index is 12.6. The monoisotopic (exact) mass is 404 g/mol. The summed E-state index contributed by atoms with van der Waals surface area (Å²) in [6, 6.07) is 10.9. The maximum absolute atomic E-state index is 12.6. The number of ether oxygens (including phenoxy) is 1. The minimum absolute atomic E-state index is 0.184. The minimum atomic E-state index is -0.277. The Morgan fingerprint density at radius 3 is 2.70 bits per heavy atom. The van der Waals surface area contributed by atoms with E-state index in [1.807, 2.05) is 31.2 Å². The van der Waals surface area contributed by atoms with Gasteiger partial charge >= 0.3 is 0 Å². The number of amides is 1. The van der Waals surface area contributed by atoms with Gasteiger partial charge in [-0.15, -0.1) is 0 Å². The van der Waals surface area contributed by atoms with E-state index in [4.69, 9.17) is 9.26 Å². The molecule has 0 spiro atoms. The molecule has 1 amide bonds. The lowest BCUT2D eigenvalue weighted by Crippen LogP contribution is -2.26. The molecule has 0 saturated carbocycles. The van der Waals surface area contributed by atoms with Crippen molar-refractivity contribution in [2.75, 3.05) is 7.11 Å². The Bertz CT molecular complexity index is 1170. The molecule has 30 heavy (non-hydrogen) atoms. The first-order chi connectivity index (χ1) is 14.5. The van der Waals surface area contributed by atoms with E-state index >= 15 is 0 Å². The summed E-state index contributed by atoms with van der Waals surface area (Å²) in [5.74, 6) is 2.03. The molecule has 4 rings (SSSR count). The first kappa shape index (κ1) is 19.3. The molecule has 0 radical (unpaired) electrons. The summed E-state index contributed by atoms with van der Waals surface area (Å²) in [5, 5.41) is 6.74. The second-order valence-electron chi connectivity index (χ2n) is 6.68. The van der Waals surface area contributed by atoms with Gasteiger partial charge in [0.1, 0.15) is 23.6 Å². The highest BCUT2D eigenvalue weighted by molar-refractivity contribution is 5.92. The van der Waals surface area contributed by atoms with E-state index in [1.54, 1.807) is 43.1 Å². The van der Waals surface area contributed by atoms with E-state index < -0.39 is 0 Å². The quantitative estimate of drug-likeness (QED) is 0.526. The van der Waals surface area contributed by atoms with Gasteiger partial charge in [-0.3, -0.25) is 9.36 Å². The Morgan fingerprint density at radius 1 is 1.20 bits per heavy atom. The number of hydrogen-bond acceptors (Lipinski definition) is 7. The van der Waals surface area contributed by atoms with Crippen molar-refractivity contribution in [1.82, 2.24) is 30.0 Å². The third-order valence-corrected chi connectivity index (χ3v) is 4.56. The van der Waals surface area contributed by atoms with Gasteiger partial charge in [-0.25, -0.2) is 9.97 Å². The highest BCUT2D eigenvalue weighted by Crippen LogP contribution is 2.20. The Kier molecular flexibility index (Phi) is 5.25. The lowest BCUT2D eigenvalue weighted by Gasteiger charge is -2.13. The molecule has 152 valence electrons. The molecule has 3 heterocycles. The molecule has 3 aromatic heterocycles. The first-order valence-electron chi connectivity index (χ1n) is 9.29. The molecule has 0 aliphatic rings. The van der Waals surface area contributed by atoms with Gasteiger partial charge < -0.3 is 14.6 Å². The standard InChI is InChI=1S/C21H20N6O3/c1-13(15-4-6-17(29-3)7-5-15)24-20(28)18-11-27(12-23-18)19-10-16(8-9-22-19)21-25-14(2)26-30-21/h4-13H,1-3H3,(H,24,28). The maximum Gasteiger partial charge on any atom is 0.271 e. The van der Waals surface area contributed by atoms with Crippen LogP contribution in [0.5, 0.6) is 5.75 Å². The SMILES string of the molecule is COc1ccc(C(C)NC(=O)c2cn(-c3cc(-c4nc(C)no4)ccn3)cn2)cc1. The minimum Gasteiger partial charge on any atom is -0.497 e. The molecule has 0 fully saturated rings. The molecule has 4 aromatic rings. The van der Waals surface area contributed by atoms with E-state index in [0.717, 1.165) is 16.9 Å². The van der Waals surface area contributed by atoms with Gasteiger partial charge in [-0.05, 0) is 43.7 Å². The number of carbonyl (C=O) groups excluding carboxylic acids is 1. The van der Waals surface area contributed by atoms with E-state index in [2.05, 4.69) is 25.4 Å². The van der Waals surface area contributed by atoms with Crippen LogP contribution in [0.1, 0.15) is 34.8 Å². The van der Waals surface area contributed by atoms with Gasteiger partial charge in [0.25, 0.3) is 11.8 Å². The van der Waals surface area contributed by atoms with Crippen LogP contribution < -0.4 is 10.1 Å². The highest BCUT2D eigenvalue weighted by atomic mass is 16.5. The van der Waals surface area contributed by atoms with Crippen LogP contribution in [0.4, 0.5) is 0 Å². The lowest BCUT2D eigenvalue weighted by molar-refractivity contribution is 0.0935.